The first-order valence-electron chi connectivity index (χ1n) is 9.72. The molecule has 4 rings (SSSR count). The Labute approximate surface area is 160 Å². The number of fused-ring (bicyclic) bond motifs is 1. The quantitative estimate of drug-likeness (QED) is 0.831. The van der Waals surface area contributed by atoms with Crippen LogP contribution in [0.4, 0.5) is 4.39 Å². The predicted octanol–water partition coefficient (Wildman–Crippen LogP) is 2.53. The fourth-order valence-corrected chi connectivity index (χ4v) is 4.00. The van der Waals surface area contributed by atoms with Crippen molar-refractivity contribution in [1.29, 1.82) is 0 Å². The molecular weight excluding hydrogens is 341 g/mol. The van der Waals surface area contributed by atoms with Gasteiger partial charge in [-0.1, -0.05) is 42.5 Å². The van der Waals surface area contributed by atoms with Crippen LogP contribution >= 0.6 is 0 Å². The summed E-state index contributed by atoms with van der Waals surface area (Å²) in [5, 5.41) is 0. The van der Waals surface area contributed by atoms with Crippen molar-refractivity contribution >= 4 is 5.91 Å². The molecule has 4 nitrogen and oxygen atoms in total. The second kappa shape index (κ2) is 8.19. The van der Waals surface area contributed by atoms with Gasteiger partial charge in [0.15, 0.2) is 0 Å². The molecular formula is C22H26FN3O. The summed E-state index contributed by atoms with van der Waals surface area (Å²) >= 11 is 0. The number of benzene rings is 2. The van der Waals surface area contributed by atoms with E-state index < -0.39 is 0 Å². The number of hydrogen-bond acceptors (Lipinski definition) is 3. The Hall–Kier alpha value is -2.24. The Balaban J connectivity index is 1.26. The maximum absolute atomic E-state index is 13.8. The van der Waals surface area contributed by atoms with Gasteiger partial charge in [0, 0.05) is 51.4 Å². The number of piperazine rings is 1. The molecule has 2 aromatic rings. The third kappa shape index (κ3) is 4.37. The first-order valence-corrected chi connectivity index (χ1v) is 9.72. The van der Waals surface area contributed by atoms with Crippen LogP contribution in [0.25, 0.3) is 0 Å². The molecule has 2 aliphatic rings. The standard InChI is InChI=1S/C22H26FN3O/c23-21-8-4-3-7-20(21)16-24-11-13-26(14-12-24)22(27)17-25-10-9-18-5-1-2-6-19(18)15-25/h1-8H,9-17H2. The normalized spacial score (nSPS) is 18.3. The molecule has 0 radical (unpaired) electrons. The van der Waals surface area contributed by atoms with Gasteiger partial charge < -0.3 is 4.90 Å². The lowest BCUT2D eigenvalue weighted by Crippen LogP contribution is -2.51. The third-order valence-corrected chi connectivity index (χ3v) is 5.65. The van der Waals surface area contributed by atoms with Gasteiger partial charge in [0.2, 0.25) is 5.91 Å². The van der Waals surface area contributed by atoms with Gasteiger partial charge in [0.1, 0.15) is 5.82 Å². The summed E-state index contributed by atoms with van der Waals surface area (Å²) in [7, 11) is 0. The summed E-state index contributed by atoms with van der Waals surface area (Å²) < 4.78 is 13.8. The zero-order chi connectivity index (χ0) is 18.6. The molecule has 0 unspecified atom stereocenters. The largest absolute Gasteiger partial charge is 0.339 e. The first kappa shape index (κ1) is 18.1. The van der Waals surface area contributed by atoms with E-state index in [9.17, 15) is 9.18 Å². The molecule has 0 saturated carbocycles. The van der Waals surface area contributed by atoms with Gasteiger partial charge in [-0.05, 0) is 23.6 Å². The van der Waals surface area contributed by atoms with Crippen LogP contribution in [-0.2, 0) is 24.3 Å². The highest BCUT2D eigenvalue weighted by molar-refractivity contribution is 5.78. The Morgan fingerprint density at radius 1 is 0.852 bits per heavy atom. The molecule has 1 fully saturated rings. The highest BCUT2D eigenvalue weighted by atomic mass is 19.1. The average molecular weight is 367 g/mol. The smallest absolute Gasteiger partial charge is 0.236 e. The summed E-state index contributed by atoms with van der Waals surface area (Å²) in [4.78, 5) is 19.1. The van der Waals surface area contributed by atoms with Crippen LogP contribution in [0.5, 0.6) is 0 Å². The minimum absolute atomic E-state index is 0.151. The van der Waals surface area contributed by atoms with Gasteiger partial charge in [-0.25, -0.2) is 4.39 Å². The molecule has 27 heavy (non-hydrogen) atoms. The fraction of sp³-hybridized carbons (Fsp3) is 0.409. The molecule has 142 valence electrons. The highest BCUT2D eigenvalue weighted by Crippen LogP contribution is 2.18. The minimum atomic E-state index is -0.151. The molecule has 0 atom stereocenters. The van der Waals surface area contributed by atoms with Crippen LogP contribution in [0.3, 0.4) is 0 Å². The van der Waals surface area contributed by atoms with Crippen LogP contribution < -0.4 is 0 Å². The van der Waals surface area contributed by atoms with Crippen molar-refractivity contribution in [3.63, 3.8) is 0 Å². The maximum atomic E-state index is 13.8. The van der Waals surface area contributed by atoms with E-state index in [0.717, 1.165) is 51.3 Å². The molecule has 2 heterocycles. The lowest BCUT2D eigenvalue weighted by atomic mass is 10.00. The molecule has 1 amide bonds. The molecule has 0 spiro atoms. The highest BCUT2D eigenvalue weighted by Gasteiger charge is 2.24. The molecule has 0 bridgehead atoms. The number of hydrogen-bond donors (Lipinski definition) is 0. The molecule has 1 saturated heterocycles. The lowest BCUT2D eigenvalue weighted by Gasteiger charge is -2.36. The number of amides is 1. The van der Waals surface area contributed by atoms with E-state index in [1.165, 1.54) is 17.2 Å². The van der Waals surface area contributed by atoms with Gasteiger partial charge in [0.05, 0.1) is 6.54 Å². The third-order valence-electron chi connectivity index (χ3n) is 5.65. The van der Waals surface area contributed by atoms with E-state index in [1.807, 2.05) is 17.0 Å². The number of rotatable bonds is 4. The summed E-state index contributed by atoms with van der Waals surface area (Å²) in [6.45, 7) is 5.92. The topological polar surface area (TPSA) is 26.8 Å². The van der Waals surface area contributed by atoms with Crippen molar-refractivity contribution in [2.24, 2.45) is 0 Å². The number of carbonyl (C=O) groups is 1. The van der Waals surface area contributed by atoms with Crippen molar-refractivity contribution in [1.82, 2.24) is 14.7 Å². The number of nitrogens with zero attached hydrogens (tertiary/aromatic N) is 3. The SMILES string of the molecule is O=C(CN1CCc2ccccc2C1)N1CCN(Cc2ccccc2F)CC1. The van der Waals surface area contributed by atoms with Crippen LogP contribution in [0.15, 0.2) is 48.5 Å². The monoisotopic (exact) mass is 367 g/mol. The van der Waals surface area contributed by atoms with E-state index in [1.54, 1.807) is 6.07 Å². The van der Waals surface area contributed by atoms with Crippen molar-refractivity contribution in [3.05, 3.63) is 71.0 Å². The minimum Gasteiger partial charge on any atom is -0.339 e. The molecule has 0 aliphatic carbocycles. The maximum Gasteiger partial charge on any atom is 0.236 e. The van der Waals surface area contributed by atoms with Gasteiger partial charge >= 0.3 is 0 Å². The predicted molar refractivity (Wildman–Crippen MR) is 104 cm³/mol. The molecule has 0 N–H and O–H groups in total. The van der Waals surface area contributed by atoms with Crippen LogP contribution in [0.2, 0.25) is 0 Å². The first-order chi connectivity index (χ1) is 13.2. The molecule has 2 aliphatic heterocycles. The summed E-state index contributed by atoms with van der Waals surface area (Å²) in [5.41, 5.74) is 3.47. The van der Waals surface area contributed by atoms with Crippen LogP contribution in [0.1, 0.15) is 16.7 Å². The Morgan fingerprint density at radius 2 is 1.56 bits per heavy atom. The fourth-order valence-electron chi connectivity index (χ4n) is 4.00. The Morgan fingerprint density at radius 3 is 2.33 bits per heavy atom. The van der Waals surface area contributed by atoms with Gasteiger partial charge in [-0.15, -0.1) is 0 Å². The molecule has 2 aromatic carbocycles. The molecule has 0 aromatic heterocycles. The van der Waals surface area contributed by atoms with Crippen molar-refractivity contribution in [2.75, 3.05) is 39.3 Å². The van der Waals surface area contributed by atoms with E-state index in [4.69, 9.17) is 0 Å². The second-order valence-corrected chi connectivity index (χ2v) is 7.48. The average Bonchev–Trinajstić information content (AvgIpc) is 2.70. The van der Waals surface area contributed by atoms with E-state index in [2.05, 4.69) is 34.1 Å². The zero-order valence-corrected chi connectivity index (χ0v) is 15.6. The zero-order valence-electron chi connectivity index (χ0n) is 15.6. The van der Waals surface area contributed by atoms with E-state index in [-0.39, 0.29) is 11.7 Å². The van der Waals surface area contributed by atoms with Gasteiger partial charge in [-0.3, -0.25) is 14.6 Å². The Kier molecular flexibility index (Phi) is 5.50. The number of halogens is 1. The van der Waals surface area contributed by atoms with Gasteiger partial charge in [-0.2, -0.15) is 0 Å². The summed E-state index contributed by atoms with van der Waals surface area (Å²) in [5.74, 6) is 0.0568. The molecule has 5 heteroatoms. The van der Waals surface area contributed by atoms with Crippen molar-refractivity contribution < 1.29 is 9.18 Å². The van der Waals surface area contributed by atoms with E-state index in [0.29, 0.717) is 13.1 Å². The Bertz CT molecular complexity index is 802. The van der Waals surface area contributed by atoms with E-state index >= 15 is 0 Å². The van der Waals surface area contributed by atoms with Crippen molar-refractivity contribution in [2.45, 2.75) is 19.5 Å². The number of carbonyl (C=O) groups excluding carboxylic acids is 1. The van der Waals surface area contributed by atoms with Crippen LogP contribution in [0, 0.1) is 5.82 Å². The summed E-state index contributed by atoms with van der Waals surface area (Å²) in [6, 6.07) is 15.4. The second-order valence-electron chi connectivity index (χ2n) is 7.48. The van der Waals surface area contributed by atoms with Crippen LogP contribution in [-0.4, -0.2) is 59.9 Å². The lowest BCUT2D eigenvalue weighted by molar-refractivity contribution is -0.134. The summed E-state index contributed by atoms with van der Waals surface area (Å²) in [6.07, 6.45) is 1.01. The van der Waals surface area contributed by atoms with Crippen molar-refractivity contribution in [3.8, 4) is 0 Å². The van der Waals surface area contributed by atoms with Gasteiger partial charge in [0.25, 0.3) is 0 Å².